The Hall–Kier alpha value is -4.34. The van der Waals surface area contributed by atoms with Crippen LogP contribution in [-0.4, -0.2) is 40.1 Å². The van der Waals surface area contributed by atoms with Crippen molar-refractivity contribution in [1.82, 2.24) is 34.3 Å². The number of Topliss-reactive ketones (excluding diaryl/α,β-unsaturated/α-hetero) is 1. The number of halogens is 2. The highest BCUT2D eigenvalue weighted by Gasteiger charge is 2.23. The van der Waals surface area contributed by atoms with Crippen LogP contribution in [0.5, 0.6) is 0 Å². The van der Waals surface area contributed by atoms with Gasteiger partial charge in [0.1, 0.15) is 23.0 Å². The van der Waals surface area contributed by atoms with Crippen LogP contribution in [0.15, 0.2) is 55.0 Å². The molecule has 1 aromatic carbocycles. The number of fused-ring (bicyclic) bond motifs is 1. The van der Waals surface area contributed by atoms with Crippen molar-refractivity contribution in [2.24, 2.45) is 7.05 Å². The lowest BCUT2D eigenvalue weighted by molar-refractivity contribution is 0.0983. The molecule has 0 atom stereocenters. The van der Waals surface area contributed by atoms with E-state index < -0.39 is 17.4 Å². The predicted molar refractivity (Wildman–Crippen MR) is 115 cm³/mol. The molecule has 0 fully saturated rings. The second kappa shape index (κ2) is 7.97. The average Bonchev–Trinajstić information content (AvgIpc) is 3.39. The summed E-state index contributed by atoms with van der Waals surface area (Å²) in [7, 11) is 1.56. The lowest BCUT2D eigenvalue weighted by Gasteiger charge is -2.08. The molecule has 0 bridgehead atoms. The summed E-state index contributed by atoms with van der Waals surface area (Å²) < 4.78 is 31.9. The van der Waals surface area contributed by atoms with Crippen LogP contribution in [0.25, 0.3) is 28.3 Å². The number of ketones is 1. The Morgan fingerprint density at radius 2 is 1.85 bits per heavy atom. The summed E-state index contributed by atoms with van der Waals surface area (Å²) >= 11 is 0. The minimum absolute atomic E-state index is 0.0279. The van der Waals surface area contributed by atoms with Crippen molar-refractivity contribution in [2.75, 3.05) is 0 Å². The highest BCUT2D eigenvalue weighted by Crippen LogP contribution is 2.26. The second-order valence-corrected chi connectivity index (χ2v) is 7.49. The number of aromatic nitrogens is 7. The van der Waals surface area contributed by atoms with E-state index in [-0.39, 0.29) is 28.9 Å². The van der Waals surface area contributed by atoms with Gasteiger partial charge in [0.25, 0.3) is 0 Å². The summed E-state index contributed by atoms with van der Waals surface area (Å²) in [6.45, 7) is 1.62. The molecule has 0 saturated carbocycles. The molecule has 0 spiro atoms. The Morgan fingerprint density at radius 3 is 2.64 bits per heavy atom. The number of benzene rings is 1. The first kappa shape index (κ1) is 20.6. The Labute approximate surface area is 186 Å². The molecule has 0 radical (unpaired) electrons. The standard InChI is InChI=1S/C23H17F2N7O/c1-13-26-11-17(24)21(28-13)16-10-27-31(2)22(16)19(33)8-15-9-20-29-23(14-6-4-3-5-7-14)30-32(20)12-18(15)25/h3-7,9-12H,8H2,1-2H3. The van der Waals surface area contributed by atoms with Crippen molar-refractivity contribution in [3.05, 3.63) is 83.7 Å². The summed E-state index contributed by atoms with van der Waals surface area (Å²) in [4.78, 5) is 25.5. The van der Waals surface area contributed by atoms with Crippen molar-refractivity contribution in [3.8, 4) is 22.6 Å². The zero-order valence-electron chi connectivity index (χ0n) is 17.7. The van der Waals surface area contributed by atoms with Crippen molar-refractivity contribution in [1.29, 1.82) is 0 Å². The zero-order chi connectivity index (χ0) is 23.1. The molecular weight excluding hydrogens is 428 g/mol. The maximum Gasteiger partial charge on any atom is 0.186 e. The van der Waals surface area contributed by atoms with E-state index in [4.69, 9.17) is 0 Å². The Kier molecular flexibility index (Phi) is 4.97. The van der Waals surface area contributed by atoms with Crippen molar-refractivity contribution in [2.45, 2.75) is 13.3 Å². The smallest absolute Gasteiger partial charge is 0.186 e. The van der Waals surface area contributed by atoms with Gasteiger partial charge in [0.15, 0.2) is 23.1 Å². The monoisotopic (exact) mass is 445 g/mol. The fourth-order valence-corrected chi connectivity index (χ4v) is 3.63. The molecule has 0 unspecified atom stereocenters. The van der Waals surface area contributed by atoms with Gasteiger partial charge in [0.05, 0.1) is 24.2 Å². The Morgan fingerprint density at radius 1 is 1.06 bits per heavy atom. The van der Waals surface area contributed by atoms with Crippen LogP contribution in [0.1, 0.15) is 21.9 Å². The second-order valence-electron chi connectivity index (χ2n) is 7.49. The minimum atomic E-state index is -0.674. The van der Waals surface area contributed by atoms with Crippen LogP contribution in [0, 0.1) is 18.6 Å². The van der Waals surface area contributed by atoms with Crippen LogP contribution in [0.4, 0.5) is 8.78 Å². The van der Waals surface area contributed by atoms with Crippen LogP contribution in [-0.2, 0) is 13.5 Å². The summed E-state index contributed by atoms with van der Waals surface area (Å²) in [6.07, 6.45) is 3.33. The van der Waals surface area contributed by atoms with Gasteiger partial charge in [-0.1, -0.05) is 30.3 Å². The van der Waals surface area contributed by atoms with Gasteiger partial charge < -0.3 is 0 Å². The first-order valence-corrected chi connectivity index (χ1v) is 10.1. The van der Waals surface area contributed by atoms with Crippen molar-refractivity contribution < 1.29 is 13.6 Å². The number of nitrogens with zero attached hydrogens (tertiary/aromatic N) is 7. The van der Waals surface area contributed by atoms with E-state index in [0.29, 0.717) is 17.3 Å². The molecule has 164 valence electrons. The third-order valence-corrected chi connectivity index (χ3v) is 5.21. The highest BCUT2D eigenvalue weighted by molar-refractivity contribution is 6.01. The third-order valence-electron chi connectivity index (χ3n) is 5.21. The number of hydrogen-bond donors (Lipinski definition) is 0. The lowest BCUT2D eigenvalue weighted by Crippen LogP contribution is -2.13. The number of pyridine rings is 1. The maximum absolute atomic E-state index is 14.8. The number of aryl methyl sites for hydroxylation is 2. The van der Waals surface area contributed by atoms with E-state index in [1.165, 1.54) is 27.7 Å². The summed E-state index contributed by atoms with van der Waals surface area (Å²) in [5.41, 5.74) is 1.66. The summed E-state index contributed by atoms with van der Waals surface area (Å²) in [6, 6.07) is 10.8. The molecule has 8 nitrogen and oxygen atoms in total. The van der Waals surface area contributed by atoms with Gasteiger partial charge >= 0.3 is 0 Å². The van der Waals surface area contributed by atoms with E-state index in [2.05, 4.69) is 25.1 Å². The van der Waals surface area contributed by atoms with Crippen molar-refractivity contribution in [3.63, 3.8) is 0 Å². The molecule has 5 aromatic rings. The fraction of sp³-hybridized carbons (Fsp3) is 0.130. The topological polar surface area (TPSA) is 90.9 Å². The van der Waals surface area contributed by atoms with E-state index in [1.54, 1.807) is 14.0 Å². The van der Waals surface area contributed by atoms with Gasteiger partial charge in [0.2, 0.25) is 0 Å². The molecule has 0 amide bonds. The number of carbonyl (C=O) groups is 1. The van der Waals surface area contributed by atoms with Crippen LogP contribution >= 0.6 is 0 Å². The van der Waals surface area contributed by atoms with Crippen molar-refractivity contribution >= 4 is 11.4 Å². The first-order chi connectivity index (χ1) is 15.9. The largest absolute Gasteiger partial charge is 0.292 e. The zero-order valence-corrected chi connectivity index (χ0v) is 17.7. The molecule has 0 saturated heterocycles. The van der Waals surface area contributed by atoms with Gasteiger partial charge in [-0.15, -0.1) is 5.10 Å². The third kappa shape index (κ3) is 3.75. The molecule has 5 rings (SSSR count). The first-order valence-electron chi connectivity index (χ1n) is 10.1. The molecule has 0 N–H and O–H groups in total. The van der Waals surface area contributed by atoms with Crippen LogP contribution in [0.2, 0.25) is 0 Å². The summed E-state index contributed by atoms with van der Waals surface area (Å²) in [5, 5.41) is 8.39. The summed E-state index contributed by atoms with van der Waals surface area (Å²) in [5.74, 6) is -0.916. The molecular formula is C23H17F2N7O. The van der Waals surface area contributed by atoms with E-state index in [0.717, 1.165) is 11.8 Å². The highest BCUT2D eigenvalue weighted by atomic mass is 19.1. The van der Waals surface area contributed by atoms with Gasteiger partial charge in [0, 0.05) is 24.6 Å². The number of rotatable bonds is 5. The number of hydrogen-bond acceptors (Lipinski definition) is 6. The molecule has 0 aliphatic rings. The fourth-order valence-electron chi connectivity index (χ4n) is 3.63. The average molecular weight is 445 g/mol. The van der Waals surface area contributed by atoms with Gasteiger partial charge in [-0.25, -0.2) is 28.2 Å². The minimum Gasteiger partial charge on any atom is -0.292 e. The molecule has 10 heteroatoms. The Balaban J connectivity index is 1.51. The van der Waals surface area contributed by atoms with E-state index >= 15 is 0 Å². The lowest BCUT2D eigenvalue weighted by atomic mass is 10.0. The molecule has 33 heavy (non-hydrogen) atoms. The van der Waals surface area contributed by atoms with Crippen LogP contribution in [0.3, 0.4) is 0 Å². The van der Waals surface area contributed by atoms with Gasteiger partial charge in [-0.3, -0.25) is 9.48 Å². The number of carbonyl (C=O) groups excluding carboxylic acids is 1. The predicted octanol–water partition coefficient (Wildman–Crippen LogP) is 3.60. The SMILES string of the molecule is Cc1ncc(F)c(-c2cnn(C)c2C(=O)Cc2cc3nc(-c4ccccc4)nn3cc2F)n1. The normalized spacial score (nSPS) is 11.3. The van der Waals surface area contributed by atoms with E-state index in [9.17, 15) is 13.6 Å². The van der Waals surface area contributed by atoms with Gasteiger partial charge in [-0.2, -0.15) is 5.10 Å². The molecule has 4 heterocycles. The molecule has 4 aromatic heterocycles. The molecule has 0 aliphatic carbocycles. The van der Waals surface area contributed by atoms with Gasteiger partial charge in [-0.05, 0) is 13.0 Å². The quantitative estimate of drug-likeness (QED) is 0.384. The molecule has 0 aliphatic heterocycles. The Bertz CT molecular complexity index is 1510. The van der Waals surface area contributed by atoms with Crippen LogP contribution < -0.4 is 0 Å². The van der Waals surface area contributed by atoms with E-state index in [1.807, 2.05) is 30.3 Å². The maximum atomic E-state index is 14.8.